The van der Waals surface area contributed by atoms with Crippen molar-refractivity contribution in [2.75, 3.05) is 0 Å². The van der Waals surface area contributed by atoms with Crippen molar-refractivity contribution in [3.63, 3.8) is 0 Å². The summed E-state index contributed by atoms with van der Waals surface area (Å²) in [6.07, 6.45) is 1.99. The van der Waals surface area contributed by atoms with Crippen LogP contribution in [-0.2, 0) is 14.3 Å². The minimum Gasteiger partial charge on any atom is -0.460 e. The lowest BCUT2D eigenvalue weighted by molar-refractivity contribution is -0.384. The van der Waals surface area contributed by atoms with E-state index in [1.165, 1.54) is 12.1 Å². The van der Waals surface area contributed by atoms with E-state index in [1.54, 1.807) is 32.9 Å². The molecule has 0 amide bonds. The van der Waals surface area contributed by atoms with Gasteiger partial charge in [-0.3, -0.25) is 14.9 Å². The van der Waals surface area contributed by atoms with E-state index in [9.17, 15) is 19.7 Å². The van der Waals surface area contributed by atoms with E-state index in [2.05, 4.69) is 5.32 Å². The Morgan fingerprint density at radius 2 is 1.79 bits per heavy atom. The average Bonchev–Trinajstić information content (AvgIpc) is 2.78. The number of nitrogens with one attached hydrogen (secondary N) is 1. The van der Waals surface area contributed by atoms with Gasteiger partial charge < -0.3 is 10.1 Å². The third-order valence-corrected chi connectivity index (χ3v) is 6.09. The van der Waals surface area contributed by atoms with Crippen LogP contribution in [-0.4, -0.2) is 22.8 Å². The van der Waals surface area contributed by atoms with E-state index in [0.29, 0.717) is 16.8 Å². The molecule has 7 nitrogen and oxygen atoms in total. The summed E-state index contributed by atoms with van der Waals surface area (Å²) >= 11 is 0. The highest BCUT2D eigenvalue weighted by atomic mass is 16.6. The number of carbonyl (C=O) groups is 2. The Bertz CT molecular complexity index is 1170. The monoisotopic (exact) mass is 446 g/mol. The van der Waals surface area contributed by atoms with Crippen molar-refractivity contribution in [3.8, 4) is 0 Å². The predicted molar refractivity (Wildman–Crippen MR) is 123 cm³/mol. The largest absolute Gasteiger partial charge is 0.460 e. The lowest BCUT2D eigenvalue weighted by Gasteiger charge is -2.39. The molecule has 1 aliphatic carbocycles. The fraction of sp³-hybridized carbons (Fsp3) is 0.308. The van der Waals surface area contributed by atoms with Crippen LogP contribution in [0.3, 0.4) is 0 Å². The Hall–Kier alpha value is -3.74. The molecule has 0 bridgehead atoms. The van der Waals surface area contributed by atoms with Crippen LogP contribution in [0.2, 0.25) is 0 Å². The van der Waals surface area contributed by atoms with Crippen molar-refractivity contribution in [2.24, 2.45) is 5.92 Å². The van der Waals surface area contributed by atoms with Crippen LogP contribution in [0, 0.1) is 16.0 Å². The Morgan fingerprint density at radius 1 is 1.09 bits per heavy atom. The van der Waals surface area contributed by atoms with Crippen LogP contribution in [0.1, 0.15) is 50.2 Å². The zero-order valence-corrected chi connectivity index (χ0v) is 18.8. The highest BCUT2D eigenvalue weighted by Crippen LogP contribution is 2.46. The lowest BCUT2D eigenvalue weighted by Crippen LogP contribution is -2.42. The Labute approximate surface area is 192 Å². The number of nitrogens with zero attached hydrogens (tertiary/aromatic N) is 1. The molecule has 1 aliphatic heterocycles. The van der Waals surface area contributed by atoms with Crippen LogP contribution < -0.4 is 5.32 Å². The summed E-state index contributed by atoms with van der Waals surface area (Å²) in [5, 5.41) is 14.7. The van der Waals surface area contributed by atoms with Crippen molar-refractivity contribution in [1.29, 1.82) is 0 Å². The van der Waals surface area contributed by atoms with Gasteiger partial charge in [0.25, 0.3) is 5.69 Å². The van der Waals surface area contributed by atoms with Crippen LogP contribution in [0.15, 0.2) is 77.6 Å². The molecule has 170 valence electrons. The molecule has 2 aliphatic rings. The zero-order chi connectivity index (χ0) is 23.7. The maximum Gasteiger partial charge on any atom is 0.336 e. The van der Waals surface area contributed by atoms with Gasteiger partial charge in [0.05, 0.1) is 22.5 Å². The van der Waals surface area contributed by atoms with Crippen molar-refractivity contribution < 1.29 is 19.2 Å². The smallest absolute Gasteiger partial charge is 0.336 e. The van der Waals surface area contributed by atoms with Crippen molar-refractivity contribution >= 4 is 17.4 Å². The second-order valence-electron chi connectivity index (χ2n) is 8.73. The molecule has 1 heterocycles. The molecule has 4 rings (SSSR count). The number of ether oxygens (including phenoxy) is 1. The molecule has 2 aromatic carbocycles. The van der Waals surface area contributed by atoms with Gasteiger partial charge in [0.15, 0.2) is 0 Å². The molecule has 2 aromatic rings. The summed E-state index contributed by atoms with van der Waals surface area (Å²) in [5.74, 6) is -1.95. The van der Waals surface area contributed by atoms with Gasteiger partial charge in [0.2, 0.25) is 0 Å². The van der Waals surface area contributed by atoms with Gasteiger partial charge in [-0.05, 0) is 31.9 Å². The van der Waals surface area contributed by atoms with Crippen LogP contribution in [0.25, 0.3) is 0 Å². The number of rotatable bonds is 5. The number of benzene rings is 2. The molecule has 1 N–H and O–H groups in total. The quantitative estimate of drug-likeness (QED) is 0.404. The number of nitro groups is 1. The second-order valence-corrected chi connectivity index (χ2v) is 8.73. The number of carbonyl (C=O) groups excluding carboxylic acids is 2. The fourth-order valence-corrected chi connectivity index (χ4v) is 4.73. The first kappa shape index (κ1) is 22.5. The highest BCUT2D eigenvalue weighted by Gasteiger charge is 2.45. The van der Waals surface area contributed by atoms with Gasteiger partial charge in [-0.25, -0.2) is 4.79 Å². The number of esters is 1. The molecule has 0 aromatic heterocycles. The summed E-state index contributed by atoms with van der Waals surface area (Å²) in [5.41, 5.74) is 3.13. The van der Waals surface area contributed by atoms with Gasteiger partial charge >= 0.3 is 5.97 Å². The summed E-state index contributed by atoms with van der Waals surface area (Å²) in [7, 11) is 0. The highest BCUT2D eigenvalue weighted by molar-refractivity contribution is 5.96. The van der Waals surface area contributed by atoms with Gasteiger partial charge in [-0.15, -0.1) is 0 Å². The summed E-state index contributed by atoms with van der Waals surface area (Å²) in [6, 6.07) is 16.0. The first-order valence-corrected chi connectivity index (χ1v) is 11.0. The van der Waals surface area contributed by atoms with E-state index in [0.717, 1.165) is 11.3 Å². The Balaban J connectivity index is 1.85. The maximum atomic E-state index is 13.5. The number of Topliss-reactive ketones (excluding diaryl/α,β-unsaturated/α-hetero) is 1. The minimum atomic E-state index is -0.673. The number of fused-ring (bicyclic) bond motifs is 1. The number of hydrogen-bond acceptors (Lipinski definition) is 6. The topological polar surface area (TPSA) is 98.5 Å². The summed E-state index contributed by atoms with van der Waals surface area (Å²) in [6.45, 7) is 5.29. The van der Waals surface area contributed by atoms with Crippen LogP contribution in [0.4, 0.5) is 5.69 Å². The SMILES string of the molecule is CC1=C(C(=O)OC(C)C)C(c2cccc([N+](=O)[O-])c2)C2C(=O)CC(c3ccccc3)C=C2N1. The first-order valence-electron chi connectivity index (χ1n) is 11.0. The molecule has 0 saturated heterocycles. The van der Waals surface area contributed by atoms with Gasteiger partial charge in [-0.2, -0.15) is 0 Å². The molecule has 0 spiro atoms. The number of allylic oxidation sites excluding steroid dienone is 3. The molecular formula is C26H26N2O5. The summed E-state index contributed by atoms with van der Waals surface area (Å²) in [4.78, 5) is 37.6. The van der Waals surface area contributed by atoms with Crippen LogP contribution in [0.5, 0.6) is 0 Å². The third kappa shape index (κ3) is 4.44. The summed E-state index contributed by atoms with van der Waals surface area (Å²) < 4.78 is 5.49. The van der Waals surface area contributed by atoms with E-state index in [1.807, 2.05) is 36.4 Å². The average molecular weight is 447 g/mol. The van der Waals surface area contributed by atoms with E-state index >= 15 is 0 Å². The molecule has 7 heteroatoms. The molecule has 3 unspecified atom stereocenters. The molecule has 0 saturated carbocycles. The van der Waals surface area contributed by atoms with Crippen molar-refractivity contribution in [3.05, 3.63) is 98.9 Å². The van der Waals surface area contributed by atoms with Gasteiger partial charge in [0, 0.05) is 41.8 Å². The Kier molecular flexibility index (Phi) is 6.14. The zero-order valence-electron chi connectivity index (χ0n) is 18.8. The predicted octanol–water partition coefficient (Wildman–Crippen LogP) is 4.76. The van der Waals surface area contributed by atoms with Gasteiger partial charge in [0.1, 0.15) is 5.78 Å². The second kappa shape index (κ2) is 9.02. The van der Waals surface area contributed by atoms with Crippen molar-refractivity contribution in [2.45, 2.75) is 45.1 Å². The molecular weight excluding hydrogens is 420 g/mol. The molecule has 0 radical (unpaired) electrons. The van der Waals surface area contributed by atoms with E-state index < -0.39 is 22.7 Å². The molecule has 33 heavy (non-hydrogen) atoms. The van der Waals surface area contributed by atoms with E-state index in [4.69, 9.17) is 4.74 Å². The number of non-ortho nitro benzene ring substituents is 1. The van der Waals surface area contributed by atoms with Crippen molar-refractivity contribution in [1.82, 2.24) is 5.32 Å². The van der Waals surface area contributed by atoms with Crippen LogP contribution >= 0.6 is 0 Å². The molecule has 0 fully saturated rings. The number of nitro benzene ring substituents is 1. The standard InChI is InChI=1S/C26H26N2O5/c1-15(2)33-26(30)23-16(3)27-21-13-19(17-8-5-4-6-9-17)14-22(29)25(21)24(23)18-10-7-11-20(12-18)28(31)32/h4-13,15,19,24-25,27H,14H2,1-3H3. The normalized spacial score (nSPS) is 22.4. The third-order valence-electron chi connectivity index (χ3n) is 6.09. The maximum absolute atomic E-state index is 13.5. The number of ketones is 1. The molecule has 3 atom stereocenters. The fourth-order valence-electron chi connectivity index (χ4n) is 4.73. The van der Waals surface area contributed by atoms with E-state index in [-0.39, 0.29) is 29.9 Å². The lowest BCUT2D eigenvalue weighted by atomic mass is 9.68. The Morgan fingerprint density at radius 3 is 2.45 bits per heavy atom. The first-order chi connectivity index (χ1) is 15.8. The minimum absolute atomic E-state index is 0.0206. The number of hydrogen-bond donors (Lipinski definition) is 1. The van der Waals surface area contributed by atoms with Gasteiger partial charge in [-0.1, -0.05) is 48.5 Å².